The molecule has 3 rings (SSSR count). The van der Waals surface area contributed by atoms with Crippen molar-refractivity contribution in [2.45, 2.75) is 32.6 Å². The number of rotatable bonds is 1. The van der Waals surface area contributed by atoms with E-state index in [4.69, 9.17) is 0 Å². The van der Waals surface area contributed by atoms with Crippen LogP contribution in [0.3, 0.4) is 0 Å². The summed E-state index contributed by atoms with van der Waals surface area (Å²) in [5.41, 5.74) is 5.94. The van der Waals surface area contributed by atoms with Gasteiger partial charge in [-0.15, -0.1) is 0 Å². The minimum Gasteiger partial charge on any atom is -0.358 e. The summed E-state index contributed by atoms with van der Waals surface area (Å²) in [5, 5.41) is 0. The Morgan fingerprint density at radius 2 is 1.83 bits per heavy atom. The lowest BCUT2D eigenvalue weighted by molar-refractivity contribution is 0.686. The van der Waals surface area contributed by atoms with Crippen molar-refractivity contribution in [2.75, 3.05) is 0 Å². The van der Waals surface area contributed by atoms with Crippen LogP contribution in [0.15, 0.2) is 35.1 Å². The molecule has 0 atom stereocenters. The topological polar surface area (TPSA) is 32.9 Å². The van der Waals surface area contributed by atoms with Crippen LogP contribution in [0.5, 0.6) is 0 Å². The van der Waals surface area contributed by atoms with Crippen LogP contribution in [-0.4, -0.2) is 4.98 Å². The molecular weight excluding hydrogens is 222 g/mol. The van der Waals surface area contributed by atoms with Crippen LogP contribution >= 0.6 is 0 Å². The van der Waals surface area contributed by atoms with E-state index in [2.05, 4.69) is 23.2 Å². The Morgan fingerprint density at radius 1 is 1.06 bits per heavy atom. The number of H-pyrrole nitrogens is 1. The van der Waals surface area contributed by atoms with Crippen LogP contribution in [0.4, 0.5) is 0 Å². The number of benzene rings is 1. The van der Waals surface area contributed by atoms with Crippen molar-refractivity contribution in [1.29, 1.82) is 0 Å². The fraction of sp³-hybridized carbons (Fsp3) is 0.312. The maximum atomic E-state index is 11.6. The number of fused-ring (bicyclic) bond motifs is 1. The van der Waals surface area contributed by atoms with Gasteiger partial charge >= 0.3 is 0 Å². The Bertz CT molecular complexity index is 645. The lowest BCUT2D eigenvalue weighted by Gasteiger charge is -2.16. The zero-order valence-electron chi connectivity index (χ0n) is 10.6. The van der Waals surface area contributed by atoms with Gasteiger partial charge in [0, 0.05) is 24.9 Å². The van der Waals surface area contributed by atoms with E-state index in [1.165, 1.54) is 36.8 Å². The van der Waals surface area contributed by atoms with Gasteiger partial charge in [0.05, 0.1) is 0 Å². The van der Waals surface area contributed by atoms with Gasteiger partial charge in [0.2, 0.25) is 0 Å². The second-order valence-electron chi connectivity index (χ2n) is 5.10. The Morgan fingerprint density at radius 3 is 2.61 bits per heavy atom. The zero-order chi connectivity index (χ0) is 12.5. The quantitative estimate of drug-likeness (QED) is 0.814. The highest BCUT2D eigenvalue weighted by atomic mass is 16.1. The normalized spacial score (nSPS) is 14.3. The van der Waals surface area contributed by atoms with Crippen molar-refractivity contribution in [3.8, 4) is 11.3 Å². The molecule has 1 aromatic heterocycles. The summed E-state index contributed by atoms with van der Waals surface area (Å²) in [5.74, 6) is 0. The van der Waals surface area contributed by atoms with Crippen molar-refractivity contribution in [3.05, 3.63) is 57.4 Å². The molecule has 0 saturated carbocycles. The minimum absolute atomic E-state index is 0. The molecule has 0 radical (unpaired) electrons. The van der Waals surface area contributed by atoms with Gasteiger partial charge in [0.25, 0.3) is 0 Å². The van der Waals surface area contributed by atoms with Crippen LogP contribution in [0.2, 0.25) is 0 Å². The Hall–Kier alpha value is -1.83. The van der Waals surface area contributed by atoms with Crippen LogP contribution in [0.25, 0.3) is 11.3 Å². The summed E-state index contributed by atoms with van der Waals surface area (Å²) in [4.78, 5) is 14.8. The van der Waals surface area contributed by atoms with Crippen molar-refractivity contribution in [2.24, 2.45) is 0 Å². The van der Waals surface area contributed by atoms with Crippen molar-refractivity contribution >= 4 is 0 Å². The first-order chi connectivity index (χ1) is 8.72. The first kappa shape index (κ1) is 11.3. The van der Waals surface area contributed by atoms with Crippen LogP contribution < -0.4 is 5.43 Å². The molecule has 0 fully saturated rings. The average Bonchev–Trinajstić information content (AvgIpc) is 2.37. The molecule has 0 bridgehead atoms. The maximum Gasteiger partial charge on any atom is 0.182 e. The number of aromatic amines is 1. The Kier molecular flexibility index (Phi) is 2.78. The molecule has 1 aliphatic rings. The van der Waals surface area contributed by atoms with Gasteiger partial charge in [-0.25, -0.2) is 0 Å². The molecule has 94 valence electrons. The van der Waals surface area contributed by atoms with Gasteiger partial charge in [-0.1, -0.05) is 12.1 Å². The summed E-state index contributed by atoms with van der Waals surface area (Å²) in [6.07, 6.45) is 4.94. The van der Waals surface area contributed by atoms with Crippen LogP contribution in [0, 0.1) is 6.92 Å². The largest absolute Gasteiger partial charge is 0.358 e. The molecule has 0 aliphatic heterocycles. The summed E-state index contributed by atoms with van der Waals surface area (Å²) < 4.78 is 0. The fourth-order valence-electron chi connectivity index (χ4n) is 2.74. The van der Waals surface area contributed by atoms with Crippen molar-refractivity contribution in [3.63, 3.8) is 0 Å². The van der Waals surface area contributed by atoms with E-state index in [1.54, 1.807) is 12.1 Å². The Balaban J connectivity index is 0.00000133. The van der Waals surface area contributed by atoms with Crippen LogP contribution in [-0.2, 0) is 12.8 Å². The standard InChI is InChI=1S/C16H17NO.H2/c1-11-8-15(18)10-16(17-11)14-7-6-12-4-2-3-5-13(12)9-14;/h6-10H,2-5H2,1H3,(H,17,18);1H. The molecule has 1 aliphatic carbocycles. The number of hydrogen-bond acceptors (Lipinski definition) is 1. The van der Waals surface area contributed by atoms with E-state index >= 15 is 0 Å². The third kappa shape index (κ3) is 2.10. The molecule has 2 heteroatoms. The molecule has 0 amide bonds. The first-order valence-corrected chi connectivity index (χ1v) is 6.55. The molecule has 18 heavy (non-hydrogen) atoms. The summed E-state index contributed by atoms with van der Waals surface area (Å²) >= 11 is 0. The van der Waals surface area contributed by atoms with Gasteiger partial charge in [-0.05, 0) is 55.4 Å². The first-order valence-electron chi connectivity index (χ1n) is 6.55. The Labute approximate surface area is 108 Å². The predicted octanol–water partition coefficient (Wildman–Crippen LogP) is 3.48. The van der Waals surface area contributed by atoms with Gasteiger partial charge < -0.3 is 4.98 Å². The molecular formula is C16H19NO. The number of aryl methyl sites for hydroxylation is 3. The molecule has 1 N–H and O–H groups in total. The summed E-state index contributed by atoms with van der Waals surface area (Å²) in [6, 6.07) is 9.87. The lowest BCUT2D eigenvalue weighted by Crippen LogP contribution is -2.04. The van der Waals surface area contributed by atoms with E-state index in [1.807, 2.05) is 6.92 Å². The van der Waals surface area contributed by atoms with Gasteiger partial charge in [-0.2, -0.15) is 0 Å². The SMILES string of the molecule is Cc1cc(=O)cc(-c2ccc3c(c2)CCCC3)[nH]1.[HH]. The maximum absolute atomic E-state index is 11.6. The van der Waals surface area contributed by atoms with E-state index < -0.39 is 0 Å². The van der Waals surface area contributed by atoms with Gasteiger partial charge in [0.1, 0.15) is 0 Å². The molecule has 1 heterocycles. The second kappa shape index (κ2) is 4.45. The van der Waals surface area contributed by atoms with E-state index in [-0.39, 0.29) is 6.86 Å². The molecule has 0 saturated heterocycles. The second-order valence-corrected chi connectivity index (χ2v) is 5.10. The predicted molar refractivity (Wildman–Crippen MR) is 76.0 cm³/mol. The fourth-order valence-corrected chi connectivity index (χ4v) is 2.74. The third-order valence-electron chi connectivity index (χ3n) is 3.64. The lowest BCUT2D eigenvalue weighted by atomic mass is 9.90. The number of pyridine rings is 1. The van der Waals surface area contributed by atoms with E-state index in [0.29, 0.717) is 0 Å². The highest BCUT2D eigenvalue weighted by Crippen LogP contribution is 2.26. The highest BCUT2D eigenvalue weighted by Gasteiger charge is 2.10. The van der Waals surface area contributed by atoms with Crippen molar-refractivity contribution < 1.29 is 1.43 Å². The number of nitrogens with one attached hydrogen (secondary N) is 1. The molecule has 1 aromatic carbocycles. The monoisotopic (exact) mass is 241 g/mol. The molecule has 0 spiro atoms. The smallest absolute Gasteiger partial charge is 0.182 e. The molecule has 0 unspecified atom stereocenters. The van der Waals surface area contributed by atoms with Crippen LogP contribution in [0.1, 0.15) is 31.1 Å². The van der Waals surface area contributed by atoms with Crippen molar-refractivity contribution in [1.82, 2.24) is 4.98 Å². The van der Waals surface area contributed by atoms with Gasteiger partial charge in [0.15, 0.2) is 5.43 Å². The number of aromatic nitrogens is 1. The van der Waals surface area contributed by atoms with Gasteiger partial charge in [-0.3, -0.25) is 4.79 Å². The minimum atomic E-state index is 0. The summed E-state index contributed by atoms with van der Waals surface area (Å²) in [7, 11) is 0. The average molecular weight is 241 g/mol. The molecule has 2 aromatic rings. The molecule has 2 nitrogen and oxygen atoms in total. The number of hydrogen-bond donors (Lipinski definition) is 1. The van der Waals surface area contributed by atoms with E-state index in [9.17, 15) is 4.79 Å². The third-order valence-corrected chi connectivity index (χ3v) is 3.64. The zero-order valence-corrected chi connectivity index (χ0v) is 10.6. The summed E-state index contributed by atoms with van der Waals surface area (Å²) in [6.45, 7) is 1.92. The highest BCUT2D eigenvalue weighted by molar-refractivity contribution is 5.61. The van der Waals surface area contributed by atoms with E-state index in [0.717, 1.165) is 17.0 Å².